The van der Waals surface area contributed by atoms with Crippen molar-refractivity contribution in [1.82, 2.24) is 18.7 Å². The normalized spacial score (nSPS) is 12.1. The number of fused-ring (bicyclic) bond motifs is 12. The second-order valence-corrected chi connectivity index (χ2v) is 16.3. The molecule has 5 nitrogen and oxygen atoms in total. The van der Waals surface area contributed by atoms with E-state index in [0.717, 1.165) is 44.7 Å². The zero-order valence-corrected chi connectivity index (χ0v) is 32.4. The van der Waals surface area contributed by atoms with E-state index in [1.165, 1.54) is 63.8 Å². The number of hydrogen-bond donors (Lipinski definition) is 0. The molecular weight excluding hydrogens is 741 g/mol. The minimum absolute atomic E-state index is 0.690. The van der Waals surface area contributed by atoms with E-state index in [4.69, 9.17) is 9.72 Å². The first-order chi connectivity index (χ1) is 29.2. The average Bonchev–Trinajstić information content (AvgIpc) is 4.03. The van der Waals surface area contributed by atoms with Gasteiger partial charge in [0.15, 0.2) is 0 Å². The van der Waals surface area contributed by atoms with Crippen LogP contribution in [0, 0.1) is 0 Å². The molecule has 6 heteroatoms. The second kappa shape index (κ2) is 12.4. The van der Waals surface area contributed by atoms with Gasteiger partial charge in [0.25, 0.3) is 0 Å². The van der Waals surface area contributed by atoms with Crippen LogP contribution in [0.4, 0.5) is 0 Å². The molecule has 0 spiro atoms. The molecule has 0 aliphatic carbocycles. The lowest BCUT2D eigenvalue weighted by Crippen LogP contribution is -1.98. The van der Waals surface area contributed by atoms with Crippen LogP contribution in [0.2, 0.25) is 0 Å². The van der Waals surface area contributed by atoms with Crippen LogP contribution in [-0.2, 0) is 0 Å². The molecule has 0 aliphatic rings. The van der Waals surface area contributed by atoms with E-state index in [1.54, 1.807) is 11.3 Å². The first-order valence-electron chi connectivity index (χ1n) is 19.9. The van der Waals surface area contributed by atoms with Gasteiger partial charge in [-0.2, -0.15) is 0 Å². The molecule has 0 saturated heterocycles. The molecule has 5 aromatic heterocycles. The van der Waals surface area contributed by atoms with E-state index in [-0.39, 0.29) is 0 Å². The summed E-state index contributed by atoms with van der Waals surface area (Å²) in [7, 11) is 0. The van der Waals surface area contributed by atoms with Crippen LogP contribution >= 0.6 is 11.3 Å². The van der Waals surface area contributed by atoms with Crippen LogP contribution in [0.15, 0.2) is 194 Å². The molecular formula is C53H32N4OS. The Labute approximate surface area is 341 Å². The Morgan fingerprint density at radius 3 is 1.32 bits per heavy atom. The van der Waals surface area contributed by atoms with Gasteiger partial charge in [-0.25, -0.2) is 4.98 Å². The van der Waals surface area contributed by atoms with Crippen molar-refractivity contribution < 1.29 is 4.74 Å². The van der Waals surface area contributed by atoms with Crippen molar-refractivity contribution in [2.45, 2.75) is 0 Å². The molecule has 0 bridgehead atoms. The van der Waals surface area contributed by atoms with Gasteiger partial charge in [-0.3, -0.25) is 4.57 Å². The maximum Gasteiger partial charge on any atom is 0.145 e. The van der Waals surface area contributed by atoms with Gasteiger partial charge in [0, 0.05) is 63.9 Å². The second-order valence-electron chi connectivity index (χ2n) is 15.2. The number of ether oxygens (including phenoxy) is 1. The molecule has 13 aromatic rings. The van der Waals surface area contributed by atoms with Gasteiger partial charge in [-0.05, 0) is 97.1 Å². The maximum atomic E-state index is 6.43. The smallest absolute Gasteiger partial charge is 0.145 e. The van der Waals surface area contributed by atoms with Gasteiger partial charge in [0.05, 0.1) is 39.3 Å². The summed E-state index contributed by atoms with van der Waals surface area (Å²) in [5.74, 6) is 2.31. The summed E-state index contributed by atoms with van der Waals surface area (Å²) < 4.78 is 16.0. The first-order valence-corrected chi connectivity index (χ1v) is 20.7. The Morgan fingerprint density at radius 2 is 0.797 bits per heavy atom. The van der Waals surface area contributed by atoms with E-state index in [2.05, 4.69) is 190 Å². The number of aromatic nitrogens is 4. The molecule has 0 N–H and O–H groups in total. The summed E-state index contributed by atoms with van der Waals surface area (Å²) in [6.45, 7) is 0. The molecule has 5 heterocycles. The van der Waals surface area contributed by atoms with Crippen molar-refractivity contribution in [2.24, 2.45) is 0 Å². The van der Waals surface area contributed by atoms with Crippen LogP contribution in [0.3, 0.4) is 0 Å². The SMILES string of the molecule is c1ccc2c(c1)sc1ccc(Oc3ccc(-n4c5ccc(-n6c7ccccc7c7ccccc76)cc5c5cc(-n6c7ccccc7c7ccccc76)ccc54)nc3)cc12. The highest BCUT2D eigenvalue weighted by Gasteiger charge is 2.19. The topological polar surface area (TPSA) is 36.9 Å². The molecule has 0 saturated carbocycles. The van der Waals surface area contributed by atoms with Gasteiger partial charge >= 0.3 is 0 Å². The third-order valence-corrected chi connectivity index (χ3v) is 13.1. The fourth-order valence-electron chi connectivity index (χ4n) is 9.40. The highest BCUT2D eigenvalue weighted by Crippen LogP contribution is 2.40. The number of nitrogens with zero attached hydrogens (tertiary/aromatic N) is 4. The number of pyridine rings is 1. The van der Waals surface area contributed by atoms with Crippen LogP contribution in [0.5, 0.6) is 11.5 Å². The van der Waals surface area contributed by atoms with Gasteiger partial charge < -0.3 is 13.9 Å². The third-order valence-electron chi connectivity index (χ3n) is 11.9. The minimum atomic E-state index is 0.690. The number of para-hydroxylation sites is 4. The largest absolute Gasteiger partial charge is 0.456 e. The van der Waals surface area contributed by atoms with Gasteiger partial charge in [-0.1, -0.05) is 91.0 Å². The highest BCUT2D eigenvalue weighted by molar-refractivity contribution is 7.25. The predicted octanol–water partition coefficient (Wildman–Crippen LogP) is 14.5. The van der Waals surface area contributed by atoms with Crippen molar-refractivity contribution in [2.75, 3.05) is 0 Å². The summed E-state index contributed by atoms with van der Waals surface area (Å²) in [4.78, 5) is 5.06. The summed E-state index contributed by atoms with van der Waals surface area (Å²) in [5.41, 5.74) is 9.14. The molecule has 13 rings (SSSR count). The van der Waals surface area contributed by atoms with Crippen LogP contribution in [0.25, 0.3) is 103 Å². The molecule has 276 valence electrons. The number of hydrogen-bond acceptors (Lipinski definition) is 3. The van der Waals surface area contributed by atoms with Gasteiger partial charge in [-0.15, -0.1) is 11.3 Å². The fourth-order valence-corrected chi connectivity index (χ4v) is 10.5. The Bertz CT molecular complexity index is 3550. The summed E-state index contributed by atoms with van der Waals surface area (Å²) in [6.07, 6.45) is 1.84. The highest BCUT2D eigenvalue weighted by atomic mass is 32.1. The Hall–Kier alpha value is -7.67. The number of thiophene rings is 1. The molecule has 8 aromatic carbocycles. The van der Waals surface area contributed by atoms with Crippen molar-refractivity contribution in [3.63, 3.8) is 0 Å². The van der Waals surface area contributed by atoms with E-state index in [1.807, 2.05) is 18.3 Å². The molecule has 0 atom stereocenters. The predicted molar refractivity (Wildman–Crippen MR) is 247 cm³/mol. The van der Waals surface area contributed by atoms with Crippen LogP contribution < -0.4 is 4.74 Å². The lowest BCUT2D eigenvalue weighted by Gasteiger charge is -2.11. The number of rotatable bonds is 5. The van der Waals surface area contributed by atoms with Crippen LogP contribution in [-0.4, -0.2) is 18.7 Å². The average molecular weight is 773 g/mol. The van der Waals surface area contributed by atoms with Crippen molar-refractivity contribution in [3.05, 3.63) is 194 Å². The number of benzene rings is 8. The van der Waals surface area contributed by atoms with E-state index in [9.17, 15) is 0 Å². The van der Waals surface area contributed by atoms with E-state index >= 15 is 0 Å². The molecule has 0 radical (unpaired) electrons. The maximum absolute atomic E-state index is 6.43. The summed E-state index contributed by atoms with van der Waals surface area (Å²) in [5, 5.41) is 9.74. The fraction of sp³-hybridized carbons (Fsp3) is 0. The lowest BCUT2D eigenvalue weighted by atomic mass is 10.1. The van der Waals surface area contributed by atoms with Crippen molar-refractivity contribution >= 4 is 96.9 Å². The molecule has 0 aliphatic heterocycles. The zero-order chi connectivity index (χ0) is 38.6. The standard InChI is InChI=1S/C53H32N4OS/c1-6-16-45-37(11-1)38-12-2-7-17-46(38)55(45)33-21-25-49-42(29-33)43-30-34(56-47-18-8-3-13-39(47)40-14-4-9-19-48(40)56)22-26-50(43)57(49)53-28-24-36(32-54-53)58-35-23-27-52-44(31-35)41-15-5-10-20-51(41)59-52/h1-32H. The molecule has 0 amide bonds. The Balaban J connectivity index is 0.995. The van der Waals surface area contributed by atoms with Crippen molar-refractivity contribution in [3.8, 4) is 28.7 Å². The Morgan fingerprint density at radius 1 is 0.339 bits per heavy atom. The third kappa shape index (κ3) is 4.81. The quantitative estimate of drug-likeness (QED) is 0.175. The molecule has 0 unspecified atom stereocenters. The summed E-state index contributed by atoms with van der Waals surface area (Å²) in [6, 6.07) is 67.4. The van der Waals surface area contributed by atoms with E-state index < -0.39 is 0 Å². The first kappa shape index (κ1) is 32.4. The van der Waals surface area contributed by atoms with Crippen LogP contribution in [0.1, 0.15) is 0 Å². The zero-order valence-electron chi connectivity index (χ0n) is 31.6. The van der Waals surface area contributed by atoms with Gasteiger partial charge in [0.1, 0.15) is 17.3 Å². The van der Waals surface area contributed by atoms with Gasteiger partial charge in [0.2, 0.25) is 0 Å². The van der Waals surface area contributed by atoms with E-state index in [0.29, 0.717) is 5.75 Å². The Kier molecular flexibility index (Phi) is 6.82. The molecule has 59 heavy (non-hydrogen) atoms. The summed E-state index contributed by atoms with van der Waals surface area (Å²) >= 11 is 1.81. The van der Waals surface area contributed by atoms with Crippen molar-refractivity contribution in [1.29, 1.82) is 0 Å². The minimum Gasteiger partial charge on any atom is -0.456 e. The monoisotopic (exact) mass is 772 g/mol. The lowest BCUT2D eigenvalue weighted by molar-refractivity contribution is 0.481. The molecule has 0 fully saturated rings.